The molecule has 2 heterocycles. The Labute approximate surface area is 193 Å². The minimum Gasteiger partial charge on any atom is -0.328 e. The lowest BCUT2D eigenvalue weighted by Gasteiger charge is -2.11. The zero-order chi connectivity index (χ0) is 24.4. The smallest absolute Gasteiger partial charge is 0.328 e. The van der Waals surface area contributed by atoms with E-state index in [4.69, 9.17) is 11.6 Å². The van der Waals surface area contributed by atoms with Gasteiger partial charge in [-0.3, -0.25) is 4.68 Å². The van der Waals surface area contributed by atoms with Gasteiger partial charge in [0.25, 0.3) is 0 Å². The highest BCUT2D eigenvalue weighted by atomic mass is 35.5. The molecular weight excluding hydrogens is 485 g/mol. The topological polar surface area (TPSA) is 95.2 Å². The molecule has 3 aromatic rings. The van der Waals surface area contributed by atoms with Crippen LogP contribution in [0.2, 0.25) is 5.02 Å². The molecular formula is C20H22ClF3N4O4S. The van der Waals surface area contributed by atoms with Crippen molar-refractivity contribution in [3.05, 3.63) is 46.7 Å². The monoisotopic (exact) mass is 506 g/mol. The van der Waals surface area contributed by atoms with E-state index >= 15 is 0 Å². The summed E-state index contributed by atoms with van der Waals surface area (Å²) < 4.78 is 68.8. The summed E-state index contributed by atoms with van der Waals surface area (Å²) in [7, 11) is -2.55. The van der Waals surface area contributed by atoms with E-state index in [0.29, 0.717) is 22.1 Å². The van der Waals surface area contributed by atoms with E-state index in [-0.39, 0.29) is 19.4 Å². The molecule has 0 aliphatic carbocycles. The van der Waals surface area contributed by atoms with Crippen molar-refractivity contribution in [2.45, 2.75) is 32.4 Å². The molecule has 180 valence electrons. The largest absolute Gasteiger partial charge is 0.422 e. The Morgan fingerprint density at radius 1 is 1.27 bits per heavy atom. The molecule has 1 N–H and O–H groups in total. The van der Waals surface area contributed by atoms with Gasteiger partial charge >= 0.3 is 22.4 Å². The lowest BCUT2D eigenvalue weighted by Crippen LogP contribution is -2.29. The quantitative estimate of drug-likeness (QED) is 0.364. The van der Waals surface area contributed by atoms with Gasteiger partial charge in [-0.2, -0.15) is 26.7 Å². The summed E-state index contributed by atoms with van der Waals surface area (Å²) in [6, 6.07) is 7.26. The lowest BCUT2D eigenvalue weighted by molar-refractivity contribution is -0.135. The Balaban J connectivity index is 1.69. The standard InChI is InChI=1S/C20H22ClF3N4O4S/c1-13-16(7-11-33(30,31)32-19(29)25-9-3-8-20(22,23)24)18(27(2)26-13)28-10-6-14-12-15(21)4-5-17(14)28/h4-6,10,12H,3,7-9,11H2,1-2H3,(H,25,29). The number of nitrogens with zero attached hydrogens (tertiary/aromatic N) is 3. The molecule has 0 saturated carbocycles. The van der Waals surface area contributed by atoms with Crippen LogP contribution in [-0.2, 0) is 27.8 Å². The van der Waals surface area contributed by atoms with Crippen LogP contribution >= 0.6 is 11.6 Å². The second kappa shape index (κ2) is 9.64. The average molecular weight is 507 g/mol. The second-order valence-electron chi connectivity index (χ2n) is 7.43. The summed E-state index contributed by atoms with van der Waals surface area (Å²) in [5.74, 6) is 0.129. The Morgan fingerprint density at radius 3 is 2.70 bits per heavy atom. The van der Waals surface area contributed by atoms with Crippen LogP contribution in [0.25, 0.3) is 16.7 Å². The van der Waals surface area contributed by atoms with E-state index in [1.807, 2.05) is 34.3 Å². The summed E-state index contributed by atoms with van der Waals surface area (Å²) in [6.07, 6.45) is -5.31. The number of fused-ring (bicyclic) bond motifs is 1. The van der Waals surface area contributed by atoms with Gasteiger partial charge in [0.15, 0.2) is 0 Å². The van der Waals surface area contributed by atoms with Crippen molar-refractivity contribution < 1.29 is 30.6 Å². The fraction of sp³-hybridized carbons (Fsp3) is 0.400. The predicted octanol–water partition coefficient (Wildman–Crippen LogP) is 4.27. The van der Waals surface area contributed by atoms with Crippen LogP contribution in [-0.4, -0.2) is 47.3 Å². The molecule has 0 unspecified atom stereocenters. The van der Waals surface area contributed by atoms with Gasteiger partial charge < -0.3 is 14.1 Å². The van der Waals surface area contributed by atoms with Crippen LogP contribution in [0.1, 0.15) is 24.1 Å². The number of halogens is 4. The van der Waals surface area contributed by atoms with E-state index in [9.17, 15) is 26.4 Å². The van der Waals surface area contributed by atoms with Crippen molar-refractivity contribution in [2.24, 2.45) is 7.05 Å². The Morgan fingerprint density at radius 2 is 2.00 bits per heavy atom. The van der Waals surface area contributed by atoms with Crippen LogP contribution in [0.3, 0.4) is 0 Å². The molecule has 0 radical (unpaired) electrons. The van der Waals surface area contributed by atoms with Crippen LogP contribution in [0, 0.1) is 6.92 Å². The van der Waals surface area contributed by atoms with Gasteiger partial charge in [0.05, 0.1) is 17.0 Å². The zero-order valence-corrected chi connectivity index (χ0v) is 19.4. The number of nitrogens with one attached hydrogen (secondary N) is 1. The Kier molecular flexibility index (Phi) is 7.27. The predicted molar refractivity (Wildman–Crippen MR) is 117 cm³/mol. The highest BCUT2D eigenvalue weighted by molar-refractivity contribution is 7.87. The molecule has 0 spiro atoms. The number of rotatable bonds is 8. The van der Waals surface area contributed by atoms with E-state index in [0.717, 1.165) is 10.9 Å². The molecule has 1 amide bonds. The molecule has 0 aliphatic rings. The van der Waals surface area contributed by atoms with Crippen molar-refractivity contribution in [2.75, 3.05) is 12.3 Å². The molecule has 3 rings (SSSR count). The number of hydrogen-bond acceptors (Lipinski definition) is 5. The first-order valence-electron chi connectivity index (χ1n) is 9.92. The van der Waals surface area contributed by atoms with Gasteiger partial charge in [-0.1, -0.05) is 11.6 Å². The zero-order valence-electron chi connectivity index (χ0n) is 17.8. The Bertz CT molecular complexity index is 1270. The van der Waals surface area contributed by atoms with Crippen LogP contribution in [0.5, 0.6) is 0 Å². The number of amides is 1. The van der Waals surface area contributed by atoms with Gasteiger partial charge in [-0.15, -0.1) is 0 Å². The van der Waals surface area contributed by atoms with Crippen molar-refractivity contribution in [3.63, 3.8) is 0 Å². The van der Waals surface area contributed by atoms with Crippen molar-refractivity contribution >= 4 is 38.7 Å². The van der Waals surface area contributed by atoms with Crippen molar-refractivity contribution in [1.82, 2.24) is 19.7 Å². The van der Waals surface area contributed by atoms with Crippen LogP contribution < -0.4 is 5.32 Å². The highest BCUT2D eigenvalue weighted by Crippen LogP contribution is 2.27. The molecule has 0 saturated heterocycles. The summed E-state index contributed by atoms with van der Waals surface area (Å²) in [4.78, 5) is 11.7. The minimum atomic E-state index is -4.35. The third-order valence-corrected chi connectivity index (χ3v) is 6.25. The normalized spacial score (nSPS) is 12.3. The molecule has 0 aliphatic heterocycles. The number of carbonyl (C=O) groups is 1. The number of aromatic nitrogens is 3. The van der Waals surface area contributed by atoms with Gasteiger partial charge in [-0.05, 0) is 44.0 Å². The average Bonchev–Trinajstić information content (AvgIpc) is 3.21. The van der Waals surface area contributed by atoms with E-state index < -0.39 is 34.6 Å². The highest BCUT2D eigenvalue weighted by Gasteiger charge is 2.26. The van der Waals surface area contributed by atoms with Gasteiger partial charge in [0, 0.05) is 42.2 Å². The SMILES string of the molecule is Cc1nn(C)c(-n2ccc3cc(Cl)ccc32)c1CCS(=O)(=O)OC(=O)NCCCC(F)(F)F. The number of alkyl halides is 3. The van der Waals surface area contributed by atoms with Crippen LogP contribution in [0.4, 0.5) is 18.0 Å². The lowest BCUT2D eigenvalue weighted by atomic mass is 10.2. The first-order valence-corrected chi connectivity index (χ1v) is 11.9. The van der Waals surface area contributed by atoms with Crippen LogP contribution in [0.15, 0.2) is 30.5 Å². The number of carbonyl (C=O) groups excluding carboxylic acids is 1. The molecule has 13 heteroatoms. The molecule has 1 aromatic carbocycles. The van der Waals surface area contributed by atoms with E-state index in [1.165, 1.54) is 0 Å². The fourth-order valence-corrected chi connectivity index (χ4v) is 4.48. The number of aryl methyl sites for hydroxylation is 2. The third-order valence-electron chi connectivity index (χ3n) is 4.90. The molecule has 0 atom stereocenters. The first-order chi connectivity index (χ1) is 15.4. The number of benzene rings is 1. The maximum Gasteiger partial charge on any atom is 0.422 e. The maximum atomic E-state index is 12.3. The maximum absolute atomic E-state index is 12.3. The van der Waals surface area contributed by atoms with Gasteiger partial charge in [0.1, 0.15) is 5.82 Å². The molecule has 2 aromatic heterocycles. The van der Waals surface area contributed by atoms with Gasteiger partial charge in [-0.25, -0.2) is 4.79 Å². The fourth-order valence-electron chi connectivity index (χ4n) is 3.47. The summed E-state index contributed by atoms with van der Waals surface area (Å²) in [6.45, 7) is 1.38. The first kappa shape index (κ1) is 24.9. The molecule has 33 heavy (non-hydrogen) atoms. The molecule has 8 nitrogen and oxygen atoms in total. The summed E-state index contributed by atoms with van der Waals surface area (Å²) in [5, 5.41) is 7.88. The summed E-state index contributed by atoms with van der Waals surface area (Å²) in [5.41, 5.74) is 2.10. The molecule has 0 bridgehead atoms. The minimum absolute atomic E-state index is 0.00591. The second-order valence-corrected chi connectivity index (χ2v) is 9.55. The van der Waals surface area contributed by atoms with Crippen molar-refractivity contribution in [3.8, 4) is 5.82 Å². The van der Waals surface area contributed by atoms with Gasteiger partial charge in [0.2, 0.25) is 0 Å². The van der Waals surface area contributed by atoms with E-state index in [2.05, 4.69) is 9.28 Å². The van der Waals surface area contributed by atoms with Crippen molar-refractivity contribution in [1.29, 1.82) is 0 Å². The number of hydrogen-bond donors (Lipinski definition) is 1. The Hall–Kier alpha value is -2.73. The molecule has 0 fully saturated rings. The van der Waals surface area contributed by atoms with E-state index in [1.54, 1.807) is 24.7 Å². The third kappa shape index (κ3) is 6.41. The summed E-state index contributed by atoms with van der Waals surface area (Å²) >= 11 is 6.05.